The van der Waals surface area contributed by atoms with Gasteiger partial charge in [-0.05, 0) is 36.2 Å². The van der Waals surface area contributed by atoms with Gasteiger partial charge in [0.1, 0.15) is 0 Å². The fourth-order valence-electron chi connectivity index (χ4n) is 2.08. The van der Waals surface area contributed by atoms with E-state index < -0.39 is 0 Å². The molecule has 20 heavy (non-hydrogen) atoms. The van der Waals surface area contributed by atoms with Crippen molar-refractivity contribution < 1.29 is 4.79 Å². The highest BCUT2D eigenvalue weighted by Gasteiger charge is 2.07. The molecule has 2 rings (SSSR count). The van der Waals surface area contributed by atoms with Crippen LogP contribution < -0.4 is 5.32 Å². The lowest BCUT2D eigenvalue weighted by molar-refractivity contribution is -0.117. The number of benzene rings is 2. The zero-order valence-electron chi connectivity index (χ0n) is 11.8. The highest BCUT2D eigenvalue weighted by Crippen LogP contribution is 2.20. The zero-order chi connectivity index (χ0) is 14.4. The van der Waals surface area contributed by atoms with Crippen molar-refractivity contribution in [1.82, 2.24) is 5.32 Å². The molecule has 2 heteroatoms. The molecule has 2 nitrogen and oxygen atoms in total. The largest absolute Gasteiger partial charge is 0.346 e. The summed E-state index contributed by atoms with van der Waals surface area (Å²) < 4.78 is 0. The Balaban J connectivity index is 2.11. The van der Waals surface area contributed by atoms with Gasteiger partial charge in [-0.2, -0.15) is 0 Å². The van der Waals surface area contributed by atoms with Crippen LogP contribution in [-0.4, -0.2) is 5.91 Å². The van der Waals surface area contributed by atoms with E-state index in [9.17, 15) is 4.79 Å². The molecule has 2 aromatic rings. The fraction of sp³-hybridized carbons (Fsp3) is 0.167. The lowest BCUT2D eigenvalue weighted by Gasteiger charge is -2.13. The quantitative estimate of drug-likeness (QED) is 0.653. The van der Waals surface area contributed by atoms with Crippen LogP contribution in [0.15, 0.2) is 66.8 Å². The summed E-state index contributed by atoms with van der Waals surface area (Å²) >= 11 is 0. The molecule has 102 valence electrons. The molecule has 0 aliphatic rings. The second-order valence-electron chi connectivity index (χ2n) is 4.72. The number of hydrogen-bond acceptors (Lipinski definition) is 1. The van der Waals surface area contributed by atoms with E-state index in [1.54, 1.807) is 6.08 Å². The van der Waals surface area contributed by atoms with Gasteiger partial charge in [-0.25, -0.2) is 0 Å². The summed E-state index contributed by atoms with van der Waals surface area (Å²) in [5.41, 5.74) is 1.11. The Bertz CT molecular complexity index is 655. The first-order valence-corrected chi connectivity index (χ1v) is 6.79. The fourth-order valence-corrected chi connectivity index (χ4v) is 2.08. The van der Waals surface area contributed by atoms with E-state index >= 15 is 0 Å². The number of rotatable bonds is 4. The first-order chi connectivity index (χ1) is 9.70. The molecule has 0 saturated heterocycles. The summed E-state index contributed by atoms with van der Waals surface area (Å²) in [6, 6.07) is 14.5. The van der Waals surface area contributed by atoms with Crippen LogP contribution in [-0.2, 0) is 4.79 Å². The maximum absolute atomic E-state index is 11.7. The van der Waals surface area contributed by atoms with Gasteiger partial charge < -0.3 is 5.32 Å². The van der Waals surface area contributed by atoms with Gasteiger partial charge in [0, 0.05) is 6.08 Å². The third kappa shape index (κ3) is 3.58. The summed E-state index contributed by atoms with van der Waals surface area (Å²) in [4.78, 5) is 11.7. The average molecular weight is 265 g/mol. The minimum absolute atomic E-state index is 0.0117. The van der Waals surface area contributed by atoms with Crippen molar-refractivity contribution in [2.24, 2.45) is 0 Å². The Hall–Kier alpha value is -2.35. The molecule has 1 atom stereocenters. The van der Waals surface area contributed by atoms with Crippen LogP contribution in [0, 0.1) is 0 Å². The number of allylic oxidation sites excluding steroid dienone is 3. The number of carbonyl (C=O) groups is 1. The summed E-state index contributed by atoms with van der Waals surface area (Å²) in [6.45, 7) is 3.91. The van der Waals surface area contributed by atoms with E-state index in [0.29, 0.717) is 0 Å². The summed E-state index contributed by atoms with van der Waals surface area (Å²) in [6.07, 6.45) is 7.00. The molecule has 0 aromatic heterocycles. The molecule has 0 bridgehead atoms. The Morgan fingerprint density at radius 1 is 1.10 bits per heavy atom. The Morgan fingerprint density at radius 3 is 2.60 bits per heavy atom. The monoisotopic (exact) mass is 265 g/mol. The summed E-state index contributed by atoms with van der Waals surface area (Å²) in [5.74, 6) is -0.0799. The van der Waals surface area contributed by atoms with Gasteiger partial charge in [-0.3, -0.25) is 4.79 Å². The van der Waals surface area contributed by atoms with Gasteiger partial charge in [0.05, 0.1) is 6.04 Å². The van der Waals surface area contributed by atoms with Gasteiger partial charge in [0.15, 0.2) is 0 Å². The van der Waals surface area contributed by atoms with Gasteiger partial charge in [0.25, 0.3) is 0 Å². The molecule has 0 spiro atoms. The normalized spacial score (nSPS) is 13.1. The maximum Gasteiger partial charge on any atom is 0.244 e. The van der Waals surface area contributed by atoms with E-state index in [2.05, 4.69) is 35.6 Å². The molecule has 1 unspecified atom stereocenters. The molecule has 0 aliphatic carbocycles. The number of nitrogens with one attached hydrogen (secondary N) is 1. The van der Waals surface area contributed by atoms with Crippen molar-refractivity contribution in [2.45, 2.75) is 19.9 Å². The number of fused-ring (bicyclic) bond motifs is 1. The lowest BCUT2D eigenvalue weighted by Crippen LogP contribution is -2.24. The van der Waals surface area contributed by atoms with E-state index in [-0.39, 0.29) is 11.9 Å². The first kappa shape index (κ1) is 14.1. The smallest absolute Gasteiger partial charge is 0.244 e. The van der Waals surface area contributed by atoms with Crippen LogP contribution in [0.5, 0.6) is 0 Å². The highest BCUT2D eigenvalue weighted by molar-refractivity contribution is 5.88. The van der Waals surface area contributed by atoms with Crippen LogP contribution in [0.3, 0.4) is 0 Å². The molecule has 0 aliphatic heterocycles. The maximum atomic E-state index is 11.7. The standard InChI is InChI=1S/C18H19NO/c1-3-4-5-10-18(20)19-14(2)16-12-11-15-8-6-7-9-17(15)13-16/h3-14H,1-2H3,(H,19,20)/b4-3+,10-5+. The van der Waals surface area contributed by atoms with Crippen LogP contribution in [0.4, 0.5) is 0 Å². The number of hydrogen-bond donors (Lipinski definition) is 1. The SMILES string of the molecule is C/C=C/C=C/C(=O)NC(C)c1ccc2ccccc2c1. The molecule has 1 N–H and O–H groups in total. The van der Waals surface area contributed by atoms with Gasteiger partial charge in [0.2, 0.25) is 5.91 Å². The van der Waals surface area contributed by atoms with Gasteiger partial charge >= 0.3 is 0 Å². The zero-order valence-corrected chi connectivity index (χ0v) is 11.8. The average Bonchev–Trinajstić information content (AvgIpc) is 2.47. The molecule has 2 aromatic carbocycles. The van der Waals surface area contributed by atoms with Crippen LogP contribution in [0.1, 0.15) is 25.5 Å². The van der Waals surface area contributed by atoms with Gasteiger partial charge in [-0.1, -0.05) is 54.6 Å². The van der Waals surface area contributed by atoms with Crippen molar-refractivity contribution in [3.05, 3.63) is 72.3 Å². The Kier molecular flexibility index (Phi) is 4.72. The predicted octanol–water partition coefficient (Wildman–Crippen LogP) is 4.15. The third-order valence-electron chi connectivity index (χ3n) is 3.18. The minimum atomic E-state index is -0.0799. The van der Waals surface area contributed by atoms with E-state index in [1.807, 2.05) is 38.1 Å². The number of amides is 1. The Labute approximate surface area is 119 Å². The van der Waals surface area contributed by atoms with E-state index in [1.165, 1.54) is 16.8 Å². The van der Waals surface area contributed by atoms with Crippen molar-refractivity contribution >= 4 is 16.7 Å². The lowest BCUT2D eigenvalue weighted by atomic mass is 10.0. The molecular formula is C18H19NO. The Morgan fingerprint density at radius 2 is 1.85 bits per heavy atom. The second kappa shape index (κ2) is 6.71. The van der Waals surface area contributed by atoms with E-state index in [4.69, 9.17) is 0 Å². The van der Waals surface area contributed by atoms with E-state index in [0.717, 1.165) is 5.56 Å². The molecule has 0 fully saturated rings. The first-order valence-electron chi connectivity index (χ1n) is 6.79. The van der Waals surface area contributed by atoms with Crippen molar-refractivity contribution in [3.63, 3.8) is 0 Å². The van der Waals surface area contributed by atoms with Crippen LogP contribution in [0.25, 0.3) is 10.8 Å². The molecule has 0 radical (unpaired) electrons. The highest BCUT2D eigenvalue weighted by atomic mass is 16.1. The summed E-state index contributed by atoms with van der Waals surface area (Å²) in [5, 5.41) is 5.36. The van der Waals surface area contributed by atoms with Crippen molar-refractivity contribution in [2.75, 3.05) is 0 Å². The van der Waals surface area contributed by atoms with Crippen LogP contribution >= 0.6 is 0 Å². The predicted molar refractivity (Wildman–Crippen MR) is 84.5 cm³/mol. The molecule has 0 heterocycles. The second-order valence-corrected chi connectivity index (χ2v) is 4.72. The van der Waals surface area contributed by atoms with Crippen molar-refractivity contribution in [1.29, 1.82) is 0 Å². The molecule has 0 saturated carbocycles. The van der Waals surface area contributed by atoms with Crippen LogP contribution in [0.2, 0.25) is 0 Å². The minimum Gasteiger partial charge on any atom is -0.346 e. The molecular weight excluding hydrogens is 246 g/mol. The third-order valence-corrected chi connectivity index (χ3v) is 3.18. The molecule has 1 amide bonds. The number of carbonyl (C=O) groups excluding carboxylic acids is 1. The van der Waals surface area contributed by atoms with Crippen molar-refractivity contribution in [3.8, 4) is 0 Å². The summed E-state index contributed by atoms with van der Waals surface area (Å²) in [7, 11) is 0. The topological polar surface area (TPSA) is 29.1 Å². The van der Waals surface area contributed by atoms with Gasteiger partial charge in [-0.15, -0.1) is 0 Å².